The van der Waals surface area contributed by atoms with Crippen molar-refractivity contribution in [2.24, 2.45) is 23.5 Å². The fourth-order valence-corrected chi connectivity index (χ4v) is 6.96. The summed E-state index contributed by atoms with van der Waals surface area (Å²) in [7, 11) is 2.76. The molecule has 13 heteroatoms. The van der Waals surface area contributed by atoms with Crippen LogP contribution in [0.25, 0.3) is 11.3 Å². The number of ether oxygens (including phenoxy) is 2. The number of halogens is 3. The fourth-order valence-electron chi connectivity index (χ4n) is 6.96. The van der Waals surface area contributed by atoms with Gasteiger partial charge in [-0.1, -0.05) is 0 Å². The molecule has 3 unspecified atom stereocenters. The van der Waals surface area contributed by atoms with Crippen LogP contribution < -0.4 is 10.5 Å². The van der Waals surface area contributed by atoms with E-state index in [1.807, 2.05) is 0 Å². The van der Waals surface area contributed by atoms with Crippen molar-refractivity contribution in [1.29, 1.82) is 0 Å². The van der Waals surface area contributed by atoms with Crippen molar-refractivity contribution < 1.29 is 37.3 Å². The second kappa shape index (κ2) is 10.9. The summed E-state index contributed by atoms with van der Waals surface area (Å²) in [5.74, 6) is -4.90. The largest absolute Gasteiger partial charge is 0.481 e. The summed E-state index contributed by atoms with van der Waals surface area (Å²) < 4.78 is 53.9. The number of likely N-dealkylation sites (tertiary alicyclic amines) is 1. The van der Waals surface area contributed by atoms with Gasteiger partial charge in [0.15, 0.2) is 11.5 Å². The Labute approximate surface area is 235 Å². The Morgan fingerprint density at radius 1 is 1.22 bits per heavy atom. The number of hydrogen-bond acceptors (Lipinski definition) is 7. The summed E-state index contributed by atoms with van der Waals surface area (Å²) in [6.45, 7) is 0.140. The molecule has 3 heterocycles. The van der Waals surface area contributed by atoms with Crippen LogP contribution >= 0.6 is 0 Å². The molecule has 0 aromatic carbocycles. The van der Waals surface area contributed by atoms with Crippen LogP contribution in [0.1, 0.15) is 61.9 Å². The zero-order chi connectivity index (χ0) is 29.6. The van der Waals surface area contributed by atoms with E-state index in [-0.39, 0.29) is 66.6 Å². The zero-order valence-corrected chi connectivity index (χ0v) is 23.2. The number of piperidine rings is 1. The van der Waals surface area contributed by atoms with Gasteiger partial charge in [-0.05, 0) is 62.8 Å². The Kier molecular flexibility index (Phi) is 7.79. The van der Waals surface area contributed by atoms with E-state index >= 15 is 0 Å². The number of hydrogen-bond donors (Lipinski definition) is 3. The lowest BCUT2D eigenvalue weighted by molar-refractivity contribution is -0.207. The third kappa shape index (κ3) is 5.29. The molecule has 1 saturated heterocycles. The molecule has 2 aliphatic carbocycles. The molecule has 2 aromatic rings. The number of aliphatic hydroxyl groups is 1. The molecule has 224 valence electrons. The highest BCUT2D eigenvalue weighted by molar-refractivity contribution is 5.94. The smallest absolute Gasteiger partial charge is 0.278 e. The quantitative estimate of drug-likeness (QED) is 0.414. The molecule has 1 aliphatic heterocycles. The van der Waals surface area contributed by atoms with Gasteiger partial charge in [-0.15, -0.1) is 0 Å². The van der Waals surface area contributed by atoms with Crippen LogP contribution in [0.2, 0.25) is 0 Å². The van der Waals surface area contributed by atoms with Crippen LogP contribution in [-0.2, 0) is 9.53 Å². The minimum Gasteiger partial charge on any atom is -0.481 e. The second-order valence-electron chi connectivity index (χ2n) is 11.7. The number of methoxy groups -OCH3 is 2. The molecule has 41 heavy (non-hydrogen) atoms. The van der Waals surface area contributed by atoms with Crippen molar-refractivity contribution in [2.45, 2.75) is 68.4 Å². The van der Waals surface area contributed by atoms with Crippen molar-refractivity contribution in [3.05, 3.63) is 29.8 Å². The average Bonchev–Trinajstić information content (AvgIpc) is 3.42. The van der Waals surface area contributed by atoms with Gasteiger partial charge in [0.2, 0.25) is 11.8 Å². The van der Waals surface area contributed by atoms with Gasteiger partial charge >= 0.3 is 0 Å². The van der Waals surface area contributed by atoms with Crippen LogP contribution in [0.5, 0.6) is 5.88 Å². The summed E-state index contributed by atoms with van der Waals surface area (Å²) in [6.07, 6.45) is 2.51. The topological polar surface area (TPSA) is 144 Å². The van der Waals surface area contributed by atoms with Gasteiger partial charge in [0.25, 0.3) is 11.8 Å². The molecule has 2 aromatic heterocycles. The molecular weight excluding hydrogens is 543 g/mol. The van der Waals surface area contributed by atoms with E-state index in [0.717, 1.165) is 6.20 Å². The fraction of sp³-hybridized carbons (Fsp3) is 0.643. The number of aromatic nitrogens is 3. The highest BCUT2D eigenvalue weighted by atomic mass is 19.3. The van der Waals surface area contributed by atoms with E-state index in [2.05, 4.69) is 15.2 Å². The van der Waals surface area contributed by atoms with Crippen molar-refractivity contribution >= 4 is 11.8 Å². The maximum Gasteiger partial charge on any atom is 0.278 e. The first-order chi connectivity index (χ1) is 19.4. The molecular formula is C28H36F3N5O5. The maximum absolute atomic E-state index is 14.8. The number of carbonyl (C=O) groups is 2. The number of primary amides is 1. The third-order valence-corrected chi connectivity index (χ3v) is 9.44. The Morgan fingerprint density at radius 3 is 2.61 bits per heavy atom. The van der Waals surface area contributed by atoms with Crippen molar-refractivity contribution in [3.8, 4) is 17.1 Å². The van der Waals surface area contributed by atoms with Crippen molar-refractivity contribution in [3.63, 3.8) is 0 Å². The normalized spacial score (nSPS) is 29.9. The molecule has 3 aliphatic rings. The molecule has 5 rings (SSSR count). The van der Waals surface area contributed by atoms with Crippen LogP contribution in [-0.4, -0.2) is 81.4 Å². The van der Waals surface area contributed by atoms with E-state index < -0.39 is 41.1 Å². The number of nitrogens with one attached hydrogen (secondary N) is 1. The monoisotopic (exact) mass is 579 g/mol. The minimum absolute atomic E-state index is 0.00329. The average molecular weight is 580 g/mol. The lowest BCUT2D eigenvalue weighted by atomic mass is 9.72. The van der Waals surface area contributed by atoms with Crippen molar-refractivity contribution in [2.75, 3.05) is 27.4 Å². The lowest BCUT2D eigenvalue weighted by Crippen LogP contribution is -2.53. The van der Waals surface area contributed by atoms with Crippen LogP contribution in [0.3, 0.4) is 0 Å². The first-order valence-electron chi connectivity index (χ1n) is 13.9. The van der Waals surface area contributed by atoms with Crippen molar-refractivity contribution in [1.82, 2.24) is 20.1 Å². The SMILES string of the molecule is COCCC(F)(F)C1(O)CCC(C2CC23CC(C(N)=O)CCN3C(=O)c2cc(-c3cc(OC)ncc3F)[nH]n2)CC1. The Bertz CT molecular complexity index is 1300. The van der Waals surface area contributed by atoms with E-state index in [1.54, 1.807) is 4.90 Å². The van der Waals surface area contributed by atoms with Crippen LogP contribution in [0.4, 0.5) is 13.2 Å². The Balaban J connectivity index is 1.34. The van der Waals surface area contributed by atoms with E-state index in [1.165, 1.54) is 26.4 Å². The number of rotatable bonds is 9. The van der Waals surface area contributed by atoms with Gasteiger partial charge in [-0.2, -0.15) is 5.10 Å². The van der Waals surface area contributed by atoms with Gasteiger partial charge < -0.3 is 25.2 Å². The molecule has 3 fully saturated rings. The number of amides is 2. The molecule has 1 spiro atoms. The summed E-state index contributed by atoms with van der Waals surface area (Å²) in [5, 5.41) is 17.7. The summed E-state index contributed by atoms with van der Waals surface area (Å²) in [4.78, 5) is 31.5. The first-order valence-corrected chi connectivity index (χ1v) is 13.9. The molecule has 3 atom stereocenters. The molecule has 10 nitrogen and oxygen atoms in total. The standard InChI is InChI=1S/C28H36F3N5O5/c1-40-10-8-28(30,31)27(39)6-3-16(4-7-27)19-14-26(19)13-17(24(32)37)5-9-36(26)25(38)22-12-21(34-35-22)18-11-23(41-2)33-15-20(18)29/h11-12,15-17,19,39H,3-10,13-14H2,1-2H3,(H2,32,37)(H,34,35). The number of H-pyrrole nitrogens is 1. The Hall–Kier alpha value is -3.19. The van der Waals surface area contributed by atoms with Gasteiger partial charge in [0, 0.05) is 43.2 Å². The zero-order valence-electron chi connectivity index (χ0n) is 23.2. The Morgan fingerprint density at radius 2 is 1.95 bits per heavy atom. The predicted molar refractivity (Wildman–Crippen MR) is 140 cm³/mol. The number of alkyl halides is 2. The molecule has 4 N–H and O–H groups in total. The molecule has 0 bridgehead atoms. The summed E-state index contributed by atoms with van der Waals surface area (Å²) >= 11 is 0. The lowest BCUT2D eigenvalue weighted by Gasteiger charge is -2.44. The van der Waals surface area contributed by atoms with Gasteiger partial charge in [-0.3, -0.25) is 14.7 Å². The highest BCUT2D eigenvalue weighted by Gasteiger charge is 2.65. The maximum atomic E-state index is 14.8. The summed E-state index contributed by atoms with van der Waals surface area (Å²) in [6, 6.07) is 2.87. The van der Waals surface area contributed by atoms with E-state index in [0.29, 0.717) is 32.1 Å². The minimum atomic E-state index is -3.27. The van der Waals surface area contributed by atoms with Crippen LogP contribution in [0, 0.1) is 23.6 Å². The second-order valence-corrected chi connectivity index (χ2v) is 11.7. The third-order valence-electron chi connectivity index (χ3n) is 9.44. The molecule has 0 radical (unpaired) electrons. The number of aromatic amines is 1. The van der Waals surface area contributed by atoms with Gasteiger partial charge in [0.1, 0.15) is 5.60 Å². The number of nitrogens with zero attached hydrogens (tertiary/aromatic N) is 3. The first kappa shape index (κ1) is 29.3. The number of carbonyl (C=O) groups excluding carboxylic acids is 2. The predicted octanol–water partition coefficient (Wildman–Crippen LogP) is 3.31. The van der Waals surface area contributed by atoms with E-state index in [9.17, 15) is 27.9 Å². The highest BCUT2D eigenvalue weighted by Crippen LogP contribution is 2.62. The van der Waals surface area contributed by atoms with E-state index in [4.69, 9.17) is 15.2 Å². The molecule has 2 saturated carbocycles. The van der Waals surface area contributed by atoms with Gasteiger partial charge in [-0.25, -0.2) is 18.2 Å². The number of nitrogens with two attached hydrogens (primary N) is 1. The number of pyridine rings is 1. The van der Waals surface area contributed by atoms with Gasteiger partial charge in [0.05, 0.1) is 25.6 Å². The van der Waals surface area contributed by atoms with Crippen LogP contribution in [0.15, 0.2) is 18.3 Å². The summed E-state index contributed by atoms with van der Waals surface area (Å²) in [5.41, 5.74) is 3.43. The molecule has 2 amide bonds.